The molecule has 0 aromatic carbocycles. The lowest BCUT2D eigenvalue weighted by atomic mass is 10.0. The minimum absolute atomic E-state index is 0. The lowest BCUT2D eigenvalue weighted by molar-refractivity contribution is 0.412. The van der Waals surface area contributed by atoms with Crippen LogP contribution in [0.2, 0.25) is 0 Å². The fraction of sp³-hybridized carbons (Fsp3) is 1.00. The average molecular weight is 215 g/mol. The molecule has 1 atom stereocenters. The summed E-state index contributed by atoms with van der Waals surface area (Å²) in [6.45, 7) is 2.44. The molecule has 0 amide bonds. The van der Waals surface area contributed by atoms with Gasteiger partial charge in [0.15, 0.2) is 0 Å². The quantitative estimate of drug-likeness (QED) is 0.657. The van der Waals surface area contributed by atoms with Crippen molar-refractivity contribution < 1.29 is 0 Å². The molecule has 1 aliphatic heterocycles. The molecule has 1 heterocycles. The molecule has 0 radical (unpaired) electrons. The molecule has 0 aliphatic carbocycles. The summed E-state index contributed by atoms with van der Waals surface area (Å²) in [5.41, 5.74) is 0. The summed E-state index contributed by atoms with van der Waals surface area (Å²) in [4.78, 5) is 0. The monoisotopic (exact) mass is 213 g/mol. The Labute approximate surface area is 71.1 Å². The number of hydrogen-bond donors (Lipinski definition) is 1. The highest BCUT2D eigenvalue weighted by atomic mass is 79.9. The first-order valence-corrected chi connectivity index (χ1v) is 4.32. The number of hydrogen-bond acceptors (Lipinski definition) is 1. The SMILES string of the molecule is BrCC1CCCNC1.Cl. The molecular formula is C6H13BrClN. The molecule has 1 aliphatic rings. The molecule has 9 heavy (non-hydrogen) atoms. The molecule has 3 heteroatoms. The van der Waals surface area contributed by atoms with Crippen LogP contribution in [-0.2, 0) is 0 Å². The van der Waals surface area contributed by atoms with Gasteiger partial charge in [0.1, 0.15) is 0 Å². The van der Waals surface area contributed by atoms with Crippen molar-refractivity contribution in [2.24, 2.45) is 5.92 Å². The zero-order valence-electron chi connectivity index (χ0n) is 5.40. The molecule has 56 valence electrons. The van der Waals surface area contributed by atoms with Gasteiger partial charge in [0.2, 0.25) is 0 Å². The minimum atomic E-state index is 0. The molecule has 0 saturated carbocycles. The Bertz CT molecular complexity index is 64.1. The lowest BCUT2D eigenvalue weighted by Gasteiger charge is -2.19. The van der Waals surface area contributed by atoms with Gasteiger partial charge in [-0.2, -0.15) is 0 Å². The van der Waals surface area contributed by atoms with Crippen molar-refractivity contribution in [2.75, 3.05) is 18.4 Å². The van der Waals surface area contributed by atoms with E-state index < -0.39 is 0 Å². The van der Waals surface area contributed by atoms with Gasteiger partial charge in [-0.05, 0) is 31.8 Å². The Morgan fingerprint density at radius 2 is 2.33 bits per heavy atom. The Kier molecular flexibility index (Phi) is 5.96. The maximum Gasteiger partial charge on any atom is 0.00717 e. The first kappa shape index (κ1) is 9.73. The van der Waals surface area contributed by atoms with Gasteiger partial charge in [-0.25, -0.2) is 0 Å². The summed E-state index contributed by atoms with van der Waals surface area (Å²) in [7, 11) is 0. The van der Waals surface area contributed by atoms with Gasteiger partial charge in [-0.1, -0.05) is 15.9 Å². The van der Waals surface area contributed by atoms with Crippen molar-refractivity contribution in [3.8, 4) is 0 Å². The van der Waals surface area contributed by atoms with E-state index in [9.17, 15) is 0 Å². The van der Waals surface area contributed by atoms with E-state index in [-0.39, 0.29) is 12.4 Å². The summed E-state index contributed by atoms with van der Waals surface area (Å²) in [6.07, 6.45) is 2.76. The summed E-state index contributed by atoms with van der Waals surface area (Å²) in [6, 6.07) is 0. The highest BCUT2D eigenvalue weighted by Gasteiger charge is 2.09. The van der Waals surface area contributed by atoms with Crippen LogP contribution >= 0.6 is 28.3 Å². The van der Waals surface area contributed by atoms with Gasteiger partial charge in [0, 0.05) is 5.33 Å². The van der Waals surface area contributed by atoms with Crippen molar-refractivity contribution in [2.45, 2.75) is 12.8 Å². The highest BCUT2D eigenvalue weighted by molar-refractivity contribution is 9.09. The largest absolute Gasteiger partial charge is 0.316 e. The molecule has 0 aromatic heterocycles. The van der Waals surface area contributed by atoms with E-state index >= 15 is 0 Å². The number of nitrogens with one attached hydrogen (secondary N) is 1. The van der Waals surface area contributed by atoms with Gasteiger partial charge >= 0.3 is 0 Å². The van der Waals surface area contributed by atoms with E-state index in [1.54, 1.807) is 0 Å². The smallest absolute Gasteiger partial charge is 0.00717 e. The Hall–Kier alpha value is 0.730. The van der Waals surface area contributed by atoms with E-state index in [1.807, 2.05) is 0 Å². The van der Waals surface area contributed by atoms with Crippen LogP contribution in [0.1, 0.15) is 12.8 Å². The number of halogens is 2. The van der Waals surface area contributed by atoms with Gasteiger partial charge in [0.05, 0.1) is 0 Å². The van der Waals surface area contributed by atoms with E-state index in [1.165, 1.54) is 31.3 Å². The fourth-order valence-electron chi connectivity index (χ4n) is 1.06. The Balaban J connectivity index is 0.000000640. The van der Waals surface area contributed by atoms with Crippen molar-refractivity contribution in [1.82, 2.24) is 5.32 Å². The van der Waals surface area contributed by atoms with Crippen LogP contribution in [0.25, 0.3) is 0 Å². The maximum absolute atomic E-state index is 3.47. The summed E-state index contributed by atoms with van der Waals surface area (Å²) in [5, 5.41) is 4.52. The zero-order valence-corrected chi connectivity index (χ0v) is 7.80. The standard InChI is InChI=1S/C6H12BrN.ClH/c7-4-6-2-1-3-8-5-6;/h6,8H,1-5H2;1H. The molecule has 0 aromatic rings. The summed E-state index contributed by atoms with van der Waals surface area (Å²) >= 11 is 3.47. The van der Waals surface area contributed by atoms with Crippen molar-refractivity contribution in [1.29, 1.82) is 0 Å². The van der Waals surface area contributed by atoms with E-state index in [0.29, 0.717) is 0 Å². The molecule has 0 bridgehead atoms. The van der Waals surface area contributed by atoms with Crippen LogP contribution in [0.5, 0.6) is 0 Å². The van der Waals surface area contributed by atoms with E-state index in [2.05, 4.69) is 21.2 Å². The molecule has 1 saturated heterocycles. The topological polar surface area (TPSA) is 12.0 Å². The third-order valence-corrected chi connectivity index (χ3v) is 2.53. The van der Waals surface area contributed by atoms with E-state index in [4.69, 9.17) is 0 Å². The van der Waals surface area contributed by atoms with Crippen molar-refractivity contribution >= 4 is 28.3 Å². The van der Waals surface area contributed by atoms with Crippen molar-refractivity contribution in [3.63, 3.8) is 0 Å². The second-order valence-corrected chi connectivity index (χ2v) is 3.01. The first-order valence-electron chi connectivity index (χ1n) is 3.20. The molecule has 1 rings (SSSR count). The zero-order chi connectivity index (χ0) is 5.82. The van der Waals surface area contributed by atoms with Crippen LogP contribution in [-0.4, -0.2) is 18.4 Å². The maximum atomic E-state index is 3.47. The third-order valence-electron chi connectivity index (χ3n) is 1.62. The molecule has 1 unspecified atom stereocenters. The Morgan fingerprint density at radius 3 is 2.67 bits per heavy atom. The highest BCUT2D eigenvalue weighted by Crippen LogP contribution is 2.11. The van der Waals surface area contributed by atoms with Gasteiger partial charge < -0.3 is 5.32 Å². The van der Waals surface area contributed by atoms with Crippen LogP contribution in [0.15, 0.2) is 0 Å². The summed E-state index contributed by atoms with van der Waals surface area (Å²) < 4.78 is 0. The summed E-state index contributed by atoms with van der Waals surface area (Å²) in [5.74, 6) is 0.892. The number of rotatable bonds is 1. The molecule has 1 N–H and O–H groups in total. The molecule has 1 fully saturated rings. The second-order valence-electron chi connectivity index (χ2n) is 2.37. The van der Waals surface area contributed by atoms with Crippen molar-refractivity contribution in [3.05, 3.63) is 0 Å². The minimum Gasteiger partial charge on any atom is -0.316 e. The first-order chi connectivity index (χ1) is 3.93. The van der Waals surface area contributed by atoms with Crippen LogP contribution in [0.4, 0.5) is 0 Å². The fourth-order valence-corrected chi connectivity index (χ4v) is 1.61. The molecule has 0 spiro atoms. The third kappa shape index (κ3) is 3.43. The molecule has 1 nitrogen and oxygen atoms in total. The van der Waals surface area contributed by atoms with Gasteiger partial charge in [0.25, 0.3) is 0 Å². The number of alkyl halides is 1. The number of piperidine rings is 1. The molecular weight excluding hydrogens is 201 g/mol. The van der Waals surface area contributed by atoms with E-state index in [0.717, 1.165) is 5.92 Å². The van der Waals surface area contributed by atoms with Crippen LogP contribution in [0, 0.1) is 5.92 Å². The second kappa shape index (κ2) is 5.51. The lowest BCUT2D eigenvalue weighted by Crippen LogP contribution is -2.30. The Morgan fingerprint density at radius 1 is 1.56 bits per heavy atom. The van der Waals surface area contributed by atoms with Crippen LogP contribution < -0.4 is 5.32 Å². The van der Waals surface area contributed by atoms with Gasteiger partial charge in [-0.15, -0.1) is 12.4 Å². The normalized spacial score (nSPS) is 27.0. The predicted molar refractivity (Wildman–Crippen MR) is 46.6 cm³/mol. The average Bonchev–Trinajstić information content (AvgIpc) is 1.90. The predicted octanol–water partition coefficient (Wildman–Crippen LogP) is 1.80. The van der Waals surface area contributed by atoms with Gasteiger partial charge in [-0.3, -0.25) is 0 Å². The van der Waals surface area contributed by atoms with Crippen LogP contribution in [0.3, 0.4) is 0 Å².